The van der Waals surface area contributed by atoms with Crippen molar-refractivity contribution in [2.24, 2.45) is 0 Å². The minimum Gasteiger partial charge on any atom is -0.462 e. The standard InChI is InChI=1S/C75H120O5/c1-3-5-7-9-11-13-15-17-19-21-23-25-27-29-31-32-33-34-35-36-37-38-39-40-41-42-44-45-47-49-51-53-55-57-59-61-63-65-67-69-74(77)79-72-73(71-76)80-75(78)70-68-66-64-62-60-58-56-54-52-50-48-46-43-30-28-26-24-22-20-18-16-14-12-10-8-6-4-2/h5-8,11-14,17-20,23-26,29-31,33-34,43,48,50,54,56,60,62,73,76H,3-4,9-10,15-16,21-22,27-28,32,35-42,44-47,49,51-53,55,57-59,61,63-72H2,1-2H3/b7-5-,8-6-,13-11-,14-12-,19-17-,20-18-,25-23-,26-24-,31-29-,34-33-,43-30-,50-48-,56-54-,62-60-. The lowest BCUT2D eigenvalue weighted by molar-refractivity contribution is -0.161. The molecule has 0 saturated heterocycles. The zero-order valence-corrected chi connectivity index (χ0v) is 51.5. The summed E-state index contributed by atoms with van der Waals surface area (Å²) >= 11 is 0. The third-order valence-electron chi connectivity index (χ3n) is 13.5. The number of hydrogen-bond donors (Lipinski definition) is 1. The first kappa shape index (κ1) is 75.3. The van der Waals surface area contributed by atoms with E-state index >= 15 is 0 Å². The van der Waals surface area contributed by atoms with Gasteiger partial charge in [-0.3, -0.25) is 9.59 Å². The van der Waals surface area contributed by atoms with Crippen LogP contribution in [0.25, 0.3) is 0 Å². The summed E-state index contributed by atoms with van der Waals surface area (Å²) in [7, 11) is 0. The van der Waals surface area contributed by atoms with Crippen LogP contribution in [0.1, 0.15) is 271 Å². The number of esters is 2. The van der Waals surface area contributed by atoms with Crippen molar-refractivity contribution >= 4 is 11.9 Å². The maximum Gasteiger partial charge on any atom is 0.306 e. The monoisotopic (exact) mass is 1100 g/mol. The Morgan fingerprint density at radius 3 is 0.775 bits per heavy atom. The highest BCUT2D eigenvalue weighted by Crippen LogP contribution is 2.16. The van der Waals surface area contributed by atoms with Crippen molar-refractivity contribution < 1.29 is 24.2 Å². The molecule has 450 valence electrons. The molecule has 0 heterocycles. The Hall–Kier alpha value is -4.74. The van der Waals surface area contributed by atoms with Crippen LogP contribution in [0, 0.1) is 0 Å². The molecule has 0 aliphatic carbocycles. The van der Waals surface area contributed by atoms with Gasteiger partial charge in [-0.05, 0) is 128 Å². The second-order valence-corrected chi connectivity index (χ2v) is 21.1. The molecule has 0 aliphatic heterocycles. The van der Waals surface area contributed by atoms with E-state index in [1.54, 1.807) is 0 Å². The van der Waals surface area contributed by atoms with Gasteiger partial charge in [0.25, 0.3) is 0 Å². The lowest BCUT2D eigenvalue weighted by Gasteiger charge is -2.15. The Bertz CT molecular complexity index is 1770. The van der Waals surface area contributed by atoms with Gasteiger partial charge in [0.1, 0.15) is 6.61 Å². The zero-order valence-electron chi connectivity index (χ0n) is 51.5. The summed E-state index contributed by atoms with van der Waals surface area (Å²) in [5.74, 6) is -0.645. The van der Waals surface area contributed by atoms with Gasteiger partial charge in [-0.1, -0.05) is 300 Å². The Balaban J connectivity index is 3.55. The molecule has 0 rings (SSSR count). The number of ether oxygens (including phenoxy) is 2. The largest absolute Gasteiger partial charge is 0.462 e. The third-order valence-corrected chi connectivity index (χ3v) is 13.5. The molecule has 0 bridgehead atoms. The Kier molecular flexibility index (Phi) is 64.5. The molecule has 0 spiro atoms. The van der Waals surface area contributed by atoms with Crippen LogP contribution >= 0.6 is 0 Å². The molecule has 0 aliphatic rings. The molecular weight excluding hydrogens is 981 g/mol. The number of hydrogen-bond acceptors (Lipinski definition) is 5. The number of rotatable bonds is 58. The molecule has 0 aromatic rings. The molecule has 0 saturated carbocycles. The lowest BCUT2D eigenvalue weighted by Crippen LogP contribution is -2.28. The van der Waals surface area contributed by atoms with E-state index < -0.39 is 6.10 Å². The molecule has 0 amide bonds. The van der Waals surface area contributed by atoms with Crippen molar-refractivity contribution in [1.82, 2.24) is 0 Å². The van der Waals surface area contributed by atoms with Gasteiger partial charge in [0.2, 0.25) is 0 Å². The summed E-state index contributed by atoms with van der Waals surface area (Å²) in [5, 5.41) is 9.68. The summed E-state index contributed by atoms with van der Waals surface area (Å²) in [4.78, 5) is 24.6. The van der Waals surface area contributed by atoms with E-state index in [4.69, 9.17) is 9.47 Å². The molecule has 5 nitrogen and oxygen atoms in total. The van der Waals surface area contributed by atoms with Crippen LogP contribution in [0.3, 0.4) is 0 Å². The zero-order chi connectivity index (χ0) is 57.6. The van der Waals surface area contributed by atoms with E-state index in [0.717, 1.165) is 128 Å². The van der Waals surface area contributed by atoms with Crippen LogP contribution in [0.2, 0.25) is 0 Å². The highest BCUT2D eigenvalue weighted by Gasteiger charge is 2.16. The number of aliphatic hydroxyl groups is 1. The third kappa shape index (κ3) is 65.8. The first-order valence-corrected chi connectivity index (χ1v) is 32.7. The van der Waals surface area contributed by atoms with Gasteiger partial charge in [0.15, 0.2) is 6.10 Å². The quantitative estimate of drug-likeness (QED) is 0.0373. The fourth-order valence-corrected chi connectivity index (χ4v) is 8.69. The van der Waals surface area contributed by atoms with Crippen LogP contribution in [0.15, 0.2) is 170 Å². The molecule has 80 heavy (non-hydrogen) atoms. The van der Waals surface area contributed by atoms with E-state index in [0.29, 0.717) is 12.8 Å². The smallest absolute Gasteiger partial charge is 0.306 e. The van der Waals surface area contributed by atoms with Crippen molar-refractivity contribution in [1.29, 1.82) is 0 Å². The fraction of sp³-hybridized carbons (Fsp3) is 0.600. The number of carbonyl (C=O) groups is 2. The van der Waals surface area contributed by atoms with E-state index in [9.17, 15) is 14.7 Å². The summed E-state index contributed by atoms with van der Waals surface area (Å²) in [6.07, 6.45) is 106. The first-order chi connectivity index (χ1) is 39.6. The summed E-state index contributed by atoms with van der Waals surface area (Å²) in [5.41, 5.74) is 0. The number of aliphatic hydroxyl groups excluding tert-OH is 1. The van der Waals surface area contributed by atoms with E-state index in [2.05, 4.69) is 184 Å². The Morgan fingerprint density at radius 2 is 0.500 bits per heavy atom. The lowest BCUT2D eigenvalue weighted by atomic mass is 10.0. The minimum absolute atomic E-state index is 0.0917. The second-order valence-electron chi connectivity index (χ2n) is 21.1. The van der Waals surface area contributed by atoms with Crippen LogP contribution in [-0.4, -0.2) is 36.4 Å². The molecule has 0 radical (unpaired) electrons. The Labute approximate surface area is 493 Å². The van der Waals surface area contributed by atoms with E-state index in [1.807, 2.05) is 0 Å². The molecule has 0 aromatic heterocycles. The molecule has 1 atom stereocenters. The highest BCUT2D eigenvalue weighted by atomic mass is 16.6. The minimum atomic E-state index is -0.807. The molecule has 5 heteroatoms. The molecule has 1 unspecified atom stereocenters. The fourth-order valence-electron chi connectivity index (χ4n) is 8.69. The predicted octanol–water partition coefficient (Wildman–Crippen LogP) is 22.9. The van der Waals surface area contributed by atoms with Crippen LogP contribution in [0.4, 0.5) is 0 Å². The second kappa shape index (κ2) is 68.5. The summed E-state index contributed by atoms with van der Waals surface area (Å²) < 4.78 is 10.7. The first-order valence-electron chi connectivity index (χ1n) is 32.7. The average molecular weight is 1100 g/mol. The molecule has 1 N–H and O–H groups in total. The van der Waals surface area contributed by atoms with Crippen molar-refractivity contribution in [3.8, 4) is 0 Å². The van der Waals surface area contributed by atoms with Crippen molar-refractivity contribution in [3.63, 3.8) is 0 Å². The number of unbranched alkanes of at least 4 members (excludes halogenated alkanes) is 22. The topological polar surface area (TPSA) is 72.8 Å². The summed E-state index contributed by atoms with van der Waals surface area (Å²) in [6, 6.07) is 0. The van der Waals surface area contributed by atoms with E-state index in [-0.39, 0.29) is 25.2 Å². The molecule has 0 fully saturated rings. The van der Waals surface area contributed by atoms with Crippen molar-refractivity contribution in [2.45, 2.75) is 277 Å². The van der Waals surface area contributed by atoms with Crippen LogP contribution in [0.5, 0.6) is 0 Å². The maximum absolute atomic E-state index is 12.3. The van der Waals surface area contributed by atoms with Gasteiger partial charge >= 0.3 is 11.9 Å². The van der Waals surface area contributed by atoms with Gasteiger partial charge < -0.3 is 14.6 Å². The van der Waals surface area contributed by atoms with Gasteiger partial charge in [0.05, 0.1) is 6.61 Å². The number of allylic oxidation sites excluding steroid dienone is 28. The SMILES string of the molecule is CC/C=C\C/C=C\C/C=C\C/C=C\C/C=C\C/C=C\C/C=C\C/C=C\CCCCC(=O)OC(CO)COC(=O)CCCCCCCCCCCCCCCCCCCCCC/C=C\C/C=C\C/C=C\C/C=C\C/C=C\C/C=C\CC. The highest BCUT2D eigenvalue weighted by molar-refractivity contribution is 5.70. The normalized spacial score (nSPS) is 13.4. The van der Waals surface area contributed by atoms with Crippen LogP contribution in [-0.2, 0) is 19.1 Å². The van der Waals surface area contributed by atoms with Gasteiger partial charge in [-0.15, -0.1) is 0 Å². The Morgan fingerprint density at radius 1 is 0.287 bits per heavy atom. The number of carbonyl (C=O) groups excluding carboxylic acids is 2. The summed E-state index contributed by atoms with van der Waals surface area (Å²) in [6.45, 7) is 3.88. The van der Waals surface area contributed by atoms with Gasteiger partial charge in [-0.25, -0.2) is 0 Å². The predicted molar refractivity (Wildman–Crippen MR) is 352 cm³/mol. The van der Waals surface area contributed by atoms with Crippen molar-refractivity contribution in [2.75, 3.05) is 13.2 Å². The van der Waals surface area contributed by atoms with Gasteiger partial charge in [-0.2, -0.15) is 0 Å². The average Bonchev–Trinajstić information content (AvgIpc) is 3.46. The van der Waals surface area contributed by atoms with Gasteiger partial charge in [0, 0.05) is 12.8 Å². The van der Waals surface area contributed by atoms with Crippen molar-refractivity contribution in [3.05, 3.63) is 170 Å². The molecule has 0 aromatic carbocycles. The van der Waals surface area contributed by atoms with Crippen LogP contribution < -0.4 is 0 Å². The molecular formula is C75H120O5. The van der Waals surface area contributed by atoms with E-state index in [1.165, 1.54) is 116 Å². The maximum atomic E-state index is 12.3.